The van der Waals surface area contributed by atoms with Crippen LogP contribution in [0.25, 0.3) is 0 Å². The summed E-state index contributed by atoms with van der Waals surface area (Å²) in [6.45, 7) is 4.82. The zero-order chi connectivity index (χ0) is 13.2. The van der Waals surface area contributed by atoms with Crippen molar-refractivity contribution in [3.63, 3.8) is 0 Å². The van der Waals surface area contributed by atoms with Gasteiger partial charge >= 0.3 is 6.03 Å². The van der Waals surface area contributed by atoms with Gasteiger partial charge in [0.05, 0.1) is 6.04 Å². The third kappa shape index (κ3) is 2.16. The minimum Gasteiger partial charge on any atom is -0.277 e. The molecule has 1 atom stereocenters. The molecule has 92 valence electrons. The summed E-state index contributed by atoms with van der Waals surface area (Å²) in [4.78, 5) is 36.4. The highest BCUT2D eigenvalue weighted by atomic mass is 16.2. The number of carbonyl (C=O) groups is 3. The number of hydrogen-bond donors (Lipinski definition) is 1. The van der Waals surface area contributed by atoms with Gasteiger partial charge in [0, 0.05) is 6.42 Å². The van der Waals surface area contributed by atoms with Crippen LogP contribution in [0.3, 0.4) is 0 Å². The van der Waals surface area contributed by atoms with Crippen LogP contribution >= 0.6 is 0 Å². The molecule has 0 aliphatic carbocycles. The summed E-state index contributed by atoms with van der Waals surface area (Å²) in [6.07, 6.45) is 6.07. The fraction of sp³-hybridized carbons (Fsp3) is 0.583. The number of hydrogen-bond acceptors (Lipinski definition) is 3. The highest BCUT2D eigenvalue weighted by Crippen LogP contribution is 2.26. The fourth-order valence-corrected chi connectivity index (χ4v) is 1.69. The van der Waals surface area contributed by atoms with Crippen molar-refractivity contribution in [2.45, 2.75) is 39.7 Å². The lowest BCUT2D eigenvalue weighted by Gasteiger charge is -2.38. The van der Waals surface area contributed by atoms with Crippen molar-refractivity contribution in [2.75, 3.05) is 0 Å². The molecule has 1 heterocycles. The summed E-state index contributed by atoms with van der Waals surface area (Å²) in [6, 6.07) is -1.04. The number of rotatable bonds is 3. The highest BCUT2D eigenvalue weighted by Gasteiger charge is 2.48. The van der Waals surface area contributed by atoms with Gasteiger partial charge < -0.3 is 0 Å². The van der Waals surface area contributed by atoms with Gasteiger partial charge in [0.1, 0.15) is 5.41 Å². The van der Waals surface area contributed by atoms with E-state index < -0.39 is 23.3 Å². The molecule has 1 N–H and O–H groups in total. The summed E-state index contributed by atoms with van der Waals surface area (Å²) in [5.41, 5.74) is -1.23. The Bertz CT molecular complexity index is 406. The van der Waals surface area contributed by atoms with Gasteiger partial charge in [0.2, 0.25) is 11.8 Å². The van der Waals surface area contributed by atoms with Gasteiger partial charge in [-0.05, 0) is 20.3 Å². The van der Waals surface area contributed by atoms with Crippen LogP contribution in [0.15, 0.2) is 0 Å². The average molecular weight is 236 g/mol. The van der Waals surface area contributed by atoms with E-state index in [2.05, 4.69) is 11.2 Å². The molecule has 1 fully saturated rings. The van der Waals surface area contributed by atoms with E-state index in [0.717, 1.165) is 4.90 Å². The van der Waals surface area contributed by atoms with E-state index in [4.69, 9.17) is 6.42 Å². The van der Waals surface area contributed by atoms with Crippen molar-refractivity contribution >= 4 is 17.8 Å². The molecular formula is C12H16N2O3. The molecule has 0 aromatic heterocycles. The minimum absolute atomic E-state index is 0.292. The lowest BCUT2D eigenvalue weighted by Crippen LogP contribution is -2.64. The monoisotopic (exact) mass is 236 g/mol. The van der Waals surface area contributed by atoms with Gasteiger partial charge in [-0.25, -0.2) is 4.79 Å². The molecule has 1 rings (SSSR count). The fourth-order valence-electron chi connectivity index (χ4n) is 1.69. The molecule has 4 amide bonds. The second-order valence-corrected chi connectivity index (χ2v) is 4.53. The number of imide groups is 2. The minimum atomic E-state index is -1.23. The molecule has 5 nitrogen and oxygen atoms in total. The smallest absolute Gasteiger partial charge is 0.277 e. The summed E-state index contributed by atoms with van der Waals surface area (Å²) >= 11 is 0. The zero-order valence-corrected chi connectivity index (χ0v) is 10.2. The van der Waals surface area contributed by atoms with Crippen molar-refractivity contribution in [3.8, 4) is 12.3 Å². The molecule has 5 heteroatoms. The first-order valence-electron chi connectivity index (χ1n) is 5.48. The molecule has 1 saturated heterocycles. The summed E-state index contributed by atoms with van der Waals surface area (Å²) in [7, 11) is 0. The van der Waals surface area contributed by atoms with E-state index in [1.165, 1.54) is 13.8 Å². The SMILES string of the molecule is C#CCC(CC)N1C(=O)NC(=O)C(C)(C)C1=O. The first kappa shape index (κ1) is 13.2. The Labute approximate surface area is 101 Å². The van der Waals surface area contributed by atoms with Gasteiger partial charge in [-0.1, -0.05) is 6.92 Å². The van der Waals surface area contributed by atoms with Crippen molar-refractivity contribution < 1.29 is 14.4 Å². The van der Waals surface area contributed by atoms with E-state index >= 15 is 0 Å². The normalized spacial score (nSPS) is 20.8. The van der Waals surface area contributed by atoms with Crippen LogP contribution in [0.2, 0.25) is 0 Å². The molecule has 0 aromatic carbocycles. The first-order valence-corrected chi connectivity index (χ1v) is 5.48. The first-order chi connectivity index (χ1) is 7.86. The van der Waals surface area contributed by atoms with E-state index in [1.54, 1.807) is 0 Å². The summed E-state index contributed by atoms with van der Waals surface area (Å²) in [5.74, 6) is 1.37. The van der Waals surface area contributed by atoms with Crippen LogP contribution in [0.1, 0.15) is 33.6 Å². The number of barbiturate groups is 1. The molecule has 1 aliphatic rings. The highest BCUT2D eigenvalue weighted by molar-refractivity contribution is 6.18. The van der Waals surface area contributed by atoms with E-state index in [-0.39, 0.29) is 6.04 Å². The maximum atomic E-state index is 12.1. The third-order valence-corrected chi connectivity index (χ3v) is 2.95. The molecular weight excluding hydrogens is 220 g/mol. The van der Waals surface area contributed by atoms with Crippen molar-refractivity contribution in [3.05, 3.63) is 0 Å². The topological polar surface area (TPSA) is 66.5 Å². The van der Waals surface area contributed by atoms with Crippen LogP contribution in [-0.2, 0) is 9.59 Å². The van der Waals surface area contributed by atoms with Crippen molar-refractivity contribution in [2.24, 2.45) is 5.41 Å². The van der Waals surface area contributed by atoms with Gasteiger partial charge in [-0.2, -0.15) is 0 Å². The lowest BCUT2D eigenvalue weighted by molar-refractivity contribution is -0.150. The second-order valence-electron chi connectivity index (χ2n) is 4.53. The van der Waals surface area contributed by atoms with Gasteiger partial charge in [-0.3, -0.25) is 19.8 Å². The Morgan fingerprint density at radius 1 is 1.41 bits per heavy atom. The van der Waals surface area contributed by atoms with Crippen LogP contribution in [-0.4, -0.2) is 28.8 Å². The number of urea groups is 1. The molecule has 0 aromatic rings. The predicted molar refractivity (Wildman–Crippen MR) is 61.7 cm³/mol. The van der Waals surface area contributed by atoms with E-state index in [0.29, 0.717) is 12.8 Å². The maximum Gasteiger partial charge on any atom is 0.331 e. The van der Waals surface area contributed by atoms with Crippen LogP contribution in [0.4, 0.5) is 4.79 Å². The number of amides is 4. The lowest BCUT2D eigenvalue weighted by atomic mass is 9.87. The van der Waals surface area contributed by atoms with Crippen molar-refractivity contribution in [1.82, 2.24) is 10.2 Å². The molecule has 17 heavy (non-hydrogen) atoms. The largest absolute Gasteiger partial charge is 0.331 e. The van der Waals surface area contributed by atoms with Gasteiger partial charge in [0.25, 0.3) is 0 Å². The molecule has 0 bridgehead atoms. The van der Waals surface area contributed by atoms with Crippen LogP contribution in [0, 0.1) is 17.8 Å². The Morgan fingerprint density at radius 2 is 2.00 bits per heavy atom. The zero-order valence-electron chi connectivity index (χ0n) is 10.2. The Kier molecular flexibility index (Phi) is 3.56. The standard InChI is InChI=1S/C12H16N2O3/c1-5-7-8(6-2)14-10(16)12(3,4)9(15)13-11(14)17/h1,8H,6-7H2,2-4H3,(H,13,15,17). The third-order valence-electron chi connectivity index (χ3n) is 2.95. The Hall–Kier alpha value is -1.83. The number of nitrogens with one attached hydrogen (secondary N) is 1. The predicted octanol–water partition coefficient (Wildman–Crippen LogP) is 0.893. The molecule has 0 saturated carbocycles. The quantitative estimate of drug-likeness (QED) is 0.584. The summed E-state index contributed by atoms with van der Waals surface area (Å²) in [5, 5.41) is 2.18. The van der Waals surface area contributed by atoms with Crippen LogP contribution < -0.4 is 5.32 Å². The summed E-state index contributed by atoms with van der Waals surface area (Å²) < 4.78 is 0. The number of carbonyl (C=O) groups excluding carboxylic acids is 3. The average Bonchev–Trinajstić information content (AvgIpc) is 2.26. The van der Waals surface area contributed by atoms with Crippen molar-refractivity contribution in [1.29, 1.82) is 0 Å². The Morgan fingerprint density at radius 3 is 2.47 bits per heavy atom. The molecule has 1 aliphatic heterocycles. The second kappa shape index (κ2) is 4.58. The van der Waals surface area contributed by atoms with Gasteiger partial charge in [0.15, 0.2) is 0 Å². The molecule has 0 radical (unpaired) electrons. The molecule has 0 spiro atoms. The van der Waals surface area contributed by atoms with E-state index in [9.17, 15) is 14.4 Å². The number of terminal acetylenes is 1. The number of nitrogens with zero attached hydrogens (tertiary/aromatic N) is 1. The van der Waals surface area contributed by atoms with Crippen LogP contribution in [0.5, 0.6) is 0 Å². The molecule has 1 unspecified atom stereocenters. The maximum absolute atomic E-state index is 12.1. The van der Waals surface area contributed by atoms with E-state index in [1.807, 2.05) is 6.92 Å². The van der Waals surface area contributed by atoms with Gasteiger partial charge in [-0.15, -0.1) is 12.3 Å². The Balaban J connectivity index is 3.07.